The van der Waals surface area contributed by atoms with Gasteiger partial charge in [0.2, 0.25) is 0 Å². The summed E-state index contributed by atoms with van der Waals surface area (Å²) < 4.78 is 22.4. The van der Waals surface area contributed by atoms with Crippen LogP contribution < -0.4 is 5.73 Å². The molecule has 0 aliphatic heterocycles. The fraction of sp³-hybridized carbons (Fsp3) is 1.00. The minimum Gasteiger partial charge on any atom is -0.327 e. The van der Waals surface area contributed by atoms with Crippen LogP contribution in [-0.2, 0) is 9.84 Å². The molecule has 0 aromatic rings. The third-order valence-corrected chi connectivity index (χ3v) is 4.28. The fourth-order valence-electron chi connectivity index (χ4n) is 0.814. The van der Waals surface area contributed by atoms with E-state index in [2.05, 4.69) is 0 Å². The van der Waals surface area contributed by atoms with Crippen molar-refractivity contribution < 1.29 is 8.42 Å². The lowest BCUT2D eigenvalue weighted by atomic mass is 10.4. The van der Waals surface area contributed by atoms with Gasteiger partial charge in [0.05, 0.1) is 11.5 Å². The Hall–Kier alpha value is 0.260. The molecule has 0 amide bonds. The van der Waals surface area contributed by atoms with Crippen LogP contribution in [0.2, 0.25) is 0 Å². The molecule has 3 nitrogen and oxygen atoms in total. The SMILES string of the molecule is CCSCCS(=O)(=O)CC(C)N. The monoisotopic (exact) mass is 211 g/mol. The Morgan fingerprint density at radius 2 is 2.08 bits per heavy atom. The first-order valence-electron chi connectivity index (χ1n) is 4.01. The molecule has 0 spiro atoms. The van der Waals surface area contributed by atoms with Crippen LogP contribution in [0.3, 0.4) is 0 Å². The van der Waals surface area contributed by atoms with E-state index in [1.807, 2.05) is 6.92 Å². The summed E-state index contributed by atoms with van der Waals surface area (Å²) in [6.45, 7) is 3.73. The smallest absolute Gasteiger partial charge is 0.152 e. The molecule has 0 saturated carbocycles. The molecule has 0 radical (unpaired) electrons. The van der Waals surface area contributed by atoms with Crippen LogP contribution >= 0.6 is 11.8 Å². The lowest BCUT2D eigenvalue weighted by Gasteiger charge is -2.05. The maximum atomic E-state index is 11.2. The van der Waals surface area contributed by atoms with Gasteiger partial charge in [0.1, 0.15) is 0 Å². The zero-order chi connectivity index (χ0) is 9.61. The normalized spacial score (nSPS) is 14.6. The average molecular weight is 211 g/mol. The third kappa shape index (κ3) is 6.94. The van der Waals surface area contributed by atoms with Crippen LogP contribution in [0.25, 0.3) is 0 Å². The van der Waals surface area contributed by atoms with Gasteiger partial charge in [-0.05, 0) is 12.7 Å². The molecule has 5 heteroatoms. The molecule has 0 rings (SSSR count). The van der Waals surface area contributed by atoms with Gasteiger partial charge in [-0.25, -0.2) is 8.42 Å². The summed E-state index contributed by atoms with van der Waals surface area (Å²) in [5.74, 6) is 2.02. The molecule has 1 atom stereocenters. The highest BCUT2D eigenvalue weighted by molar-refractivity contribution is 8.00. The molecule has 74 valence electrons. The van der Waals surface area contributed by atoms with Crippen molar-refractivity contribution in [2.45, 2.75) is 19.9 Å². The van der Waals surface area contributed by atoms with Crippen molar-refractivity contribution >= 4 is 21.6 Å². The van der Waals surface area contributed by atoms with Crippen molar-refractivity contribution in [3.63, 3.8) is 0 Å². The van der Waals surface area contributed by atoms with Gasteiger partial charge in [0.15, 0.2) is 9.84 Å². The molecule has 1 unspecified atom stereocenters. The molecule has 0 aromatic carbocycles. The van der Waals surface area contributed by atoms with E-state index >= 15 is 0 Å². The van der Waals surface area contributed by atoms with E-state index in [0.717, 1.165) is 5.75 Å². The van der Waals surface area contributed by atoms with E-state index in [9.17, 15) is 8.42 Å². The van der Waals surface area contributed by atoms with E-state index in [1.165, 1.54) is 0 Å². The van der Waals surface area contributed by atoms with Gasteiger partial charge < -0.3 is 5.73 Å². The Morgan fingerprint density at radius 1 is 1.50 bits per heavy atom. The number of thioether (sulfide) groups is 1. The second kappa shape index (κ2) is 5.83. The highest BCUT2D eigenvalue weighted by Crippen LogP contribution is 2.02. The Morgan fingerprint density at radius 3 is 2.50 bits per heavy atom. The number of rotatable bonds is 6. The Labute approximate surface area is 79.0 Å². The Bertz CT molecular complexity index is 199. The first-order valence-corrected chi connectivity index (χ1v) is 6.99. The van der Waals surface area contributed by atoms with Crippen molar-refractivity contribution in [2.75, 3.05) is 23.0 Å². The number of nitrogens with two attached hydrogens (primary N) is 1. The van der Waals surface area contributed by atoms with Crippen molar-refractivity contribution in [2.24, 2.45) is 5.73 Å². The van der Waals surface area contributed by atoms with Gasteiger partial charge in [0.25, 0.3) is 0 Å². The van der Waals surface area contributed by atoms with Crippen molar-refractivity contribution in [1.82, 2.24) is 0 Å². The molecular formula is C7H17NO2S2. The Kier molecular flexibility index (Phi) is 5.96. The minimum absolute atomic E-state index is 0.108. The Balaban J connectivity index is 3.73. The summed E-state index contributed by atoms with van der Waals surface area (Å²) in [6, 6.07) is -0.248. The van der Waals surface area contributed by atoms with Gasteiger partial charge >= 0.3 is 0 Å². The quantitative estimate of drug-likeness (QED) is 0.650. The van der Waals surface area contributed by atoms with Gasteiger partial charge in [-0.2, -0.15) is 11.8 Å². The van der Waals surface area contributed by atoms with Crippen LogP contribution in [0.15, 0.2) is 0 Å². The zero-order valence-electron chi connectivity index (χ0n) is 7.62. The molecule has 12 heavy (non-hydrogen) atoms. The highest BCUT2D eigenvalue weighted by atomic mass is 32.2. The molecule has 2 N–H and O–H groups in total. The molecule has 0 fully saturated rings. The van der Waals surface area contributed by atoms with Crippen molar-refractivity contribution in [1.29, 1.82) is 0 Å². The van der Waals surface area contributed by atoms with Crippen LogP contribution in [0, 0.1) is 0 Å². The van der Waals surface area contributed by atoms with E-state index in [1.54, 1.807) is 18.7 Å². The average Bonchev–Trinajstić information content (AvgIpc) is 1.84. The maximum absolute atomic E-state index is 11.2. The van der Waals surface area contributed by atoms with E-state index in [0.29, 0.717) is 5.75 Å². The molecule has 0 aliphatic carbocycles. The molecule has 0 saturated heterocycles. The van der Waals surface area contributed by atoms with Gasteiger partial charge in [0, 0.05) is 11.8 Å². The number of hydrogen-bond donors (Lipinski definition) is 1. The summed E-state index contributed by atoms with van der Waals surface area (Å²) in [5, 5.41) is 0. The van der Waals surface area contributed by atoms with E-state index in [-0.39, 0.29) is 17.5 Å². The van der Waals surface area contributed by atoms with Crippen LogP contribution in [0.1, 0.15) is 13.8 Å². The minimum atomic E-state index is -2.90. The van der Waals surface area contributed by atoms with E-state index in [4.69, 9.17) is 5.73 Å². The van der Waals surface area contributed by atoms with Crippen molar-refractivity contribution in [3.05, 3.63) is 0 Å². The second-order valence-electron chi connectivity index (χ2n) is 2.79. The first-order chi connectivity index (χ1) is 5.48. The maximum Gasteiger partial charge on any atom is 0.152 e. The van der Waals surface area contributed by atoms with Crippen molar-refractivity contribution in [3.8, 4) is 0 Å². The predicted octanol–water partition coefficient (Wildman–Crippen LogP) is 0.501. The molecule has 0 bridgehead atoms. The molecule has 0 heterocycles. The van der Waals surface area contributed by atoms with Gasteiger partial charge in [-0.15, -0.1) is 0 Å². The number of sulfone groups is 1. The van der Waals surface area contributed by atoms with E-state index < -0.39 is 9.84 Å². The van der Waals surface area contributed by atoms with Gasteiger partial charge in [-0.1, -0.05) is 6.92 Å². The molecule has 0 aromatic heterocycles. The zero-order valence-corrected chi connectivity index (χ0v) is 9.25. The third-order valence-electron chi connectivity index (χ3n) is 1.26. The van der Waals surface area contributed by atoms with Crippen LogP contribution in [0.5, 0.6) is 0 Å². The summed E-state index contributed by atoms with van der Waals surface area (Å²) >= 11 is 1.64. The predicted molar refractivity (Wildman–Crippen MR) is 55.3 cm³/mol. The summed E-state index contributed by atoms with van der Waals surface area (Å²) in [5.41, 5.74) is 5.40. The fourth-order valence-corrected chi connectivity index (χ4v) is 3.56. The summed E-state index contributed by atoms with van der Waals surface area (Å²) in [6.07, 6.45) is 0. The lowest BCUT2D eigenvalue weighted by molar-refractivity contribution is 0.591. The second-order valence-corrected chi connectivity index (χ2v) is 6.41. The highest BCUT2D eigenvalue weighted by Gasteiger charge is 2.12. The topological polar surface area (TPSA) is 60.2 Å². The first kappa shape index (κ1) is 12.3. The number of hydrogen-bond acceptors (Lipinski definition) is 4. The standard InChI is InChI=1S/C7H17NO2S2/c1-3-11-4-5-12(9,10)6-7(2)8/h7H,3-6,8H2,1-2H3. The van der Waals surface area contributed by atoms with Gasteiger partial charge in [-0.3, -0.25) is 0 Å². The molecule has 0 aliphatic rings. The largest absolute Gasteiger partial charge is 0.327 e. The molecular weight excluding hydrogens is 194 g/mol. The van der Waals surface area contributed by atoms with Crippen LogP contribution in [-0.4, -0.2) is 37.5 Å². The summed E-state index contributed by atoms with van der Waals surface area (Å²) in [7, 11) is -2.90. The lowest BCUT2D eigenvalue weighted by Crippen LogP contribution is -2.28. The summed E-state index contributed by atoms with van der Waals surface area (Å²) in [4.78, 5) is 0. The van der Waals surface area contributed by atoms with Crippen LogP contribution in [0.4, 0.5) is 0 Å².